The van der Waals surface area contributed by atoms with Crippen molar-refractivity contribution in [2.75, 3.05) is 0 Å². The number of nitrogens with one attached hydrogen (secondary N) is 1. The van der Waals surface area contributed by atoms with Gasteiger partial charge in [0.1, 0.15) is 5.56 Å². The maximum atomic E-state index is 13.1. The maximum Gasteiger partial charge on any atom is 0.257 e. The van der Waals surface area contributed by atoms with Crippen LogP contribution >= 0.6 is 0 Å². The normalized spacial score (nSPS) is 13.2. The molecule has 0 spiro atoms. The van der Waals surface area contributed by atoms with Crippen LogP contribution in [0, 0.1) is 26.2 Å². The number of imidazole rings is 1. The van der Waals surface area contributed by atoms with Crippen LogP contribution < -0.4 is 5.32 Å². The quantitative estimate of drug-likeness (QED) is 0.781. The molecule has 0 aliphatic heterocycles. The lowest BCUT2D eigenvalue weighted by atomic mass is 9.86. The molecule has 1 atom stereocenters. The van der Waals surface area contributed by atoms with Crippen molar-refractivity contribution in [1.29, 1.82) is 0 Å². The molecular weight excluding hydrogens is 328 g/mol. The highest BCUT2D eigenvalue weighted by atomic mass is 16.1. The summed E-state index contributed by atoms with van der Waals surface area (Å²) in [5.74, 6) is -0.143. The van der Waals surface area contributed by atoms with Gasteiger partial charge in [-0.3, -0.25) is 4.79 Å². The first-order chi connectivity index (χ1) is 12.2. The van der Waals surface area contributed by atoms with E-state index in [1.165, 1.54) is 0 Å². The van der Waals surface area contributed by atoms with Crippen molar-refractivity contribution in [3.05, 3.63) is 47.4 Å². The van der Waals surface area contributed by atoms with Gasteiger partial charge in [-0.25, -0.2) is 14.5 Å². The highest BCUT2D eigenvalue weighted by Crippen LogP contribution is 2.23. The maximum absolute atomic E-state index is 13.1. The molecule has 0 fully saturated rings. The SMILES string of the molecule is Cc1cc(C)n2nc(C)c(C(=O)NC(Cn3ccnc3)C(C)(C)C)c2n1. The minimum atomic E-state index is -0.143. The number of hydrogen-bond acceptors (Lipinski definition) is 4. The van der Waals surface area contributed by atoms with Crippen molar-refractivity contribution in [2.45, 2.75) is 54.1 Å². The predicted octanol–water partition coefficient (Wildman–Crippen LogP) is 2.70. The van der Waals surface area contributed by atoms with E-state index >= 15 is 0 Å². The molecule has 0 bridgehead atoms. The molecular formula is C19H26N6O. The van der Waals surface area contributed by atoms with Crippen LogP contribution in [0.2, 0.25) is 0 Å². The summed E-state index contributed by atoms with van der Waals surface area (Å²) < 4.78 is 3.71. The molecule has 0 aliphatic rings. The average Bonchev–Trinajstić information content (AvgIpc) is 3.13. The number of carbonyl (C=O) groups excluding carboxylic acids is 1. The molecule has 1 amide bonds. The number of aromatic nitrogens is 5. The van der Waals surface area contributed by atoms with Crippen LogP contribution in [0.5, 0.6) is 0 Å². The zero-order valence-electron chi connectivity index (χ0n) is 16.2. The van der Waals surface area contributed by atoms with E-state index in [9.17, 15) is 4.79 Å². The summed E-state index contributed by atoms with van der Waals surface area (Å²) in [6.45, 7) is 12.7. The first-order valence-corrected chi connectivity index (χ1v) is 8.77. The smallest absolute Gasteiger partial charge is 0.257 e. The molecule has 3 rings (SSSR count). The van der Waals surface area contributed by atoms with Crippen molar-refractivity contribution in [2.24, 2.45) is 5.41 Å². The van der Waals surface area contributed by atoms with Gasteiger partial charge in [-0.2, -0.15) is 5.10 Å². The van der Waals surface area contributed by atoms with E-state index in [-0.39, 0.29) is 17.4 Å². The Morgan fingerprint density at radius 1 is 1.27 bits per heavy atom. The highest BCUT2D eigenvalue weighted by molar-refractivity contribution is 6.01. The second-order valence-corrected chi connectivity index (χ2v) is 7.89. The summed E-state index contributed by atoms with van der Waals surface area (Å²) >= 11 is 0. The zero-order chi connectivity index (χ0) is 19.1. The van der Waals surface area contributed by atoms with E-state index in [1.807, 2.05) is 37.6 Å². The summed E-state index contributed by atoms with van der Waals surface area (Å²) in [6.07, 6.45) is 5.41. The van der Waals surface area contributed by atoms with E-state index in [2.05, 4.69) is 41.2 Å². The highest BCUT2D eigenvalue weighted by Gasteiger charge is 2.29. The summed E-state index contributed by atoms with van der Waals surface area (Å²) in [5, 5.41) is 7.69. The first kappa shape index (κ1) is 18.1. The third-order valence-electron chi connectivity index (χ3n) is 4.60. The van der Waals surface area contributed by atoms with Crippen LogP contribution in [0.4, 0.5) is 0 Å². The minimum Gasteiger partial charge on any atom is -0.347 e. The van der Waals surface area contributed by atoms with Crippen molar-refractivity contribution in [1.82, 2.24) is 29.5 Å². The molecule has 7 heteroatoms. The lowest BCUT2D eigenvalue weighted by Crippen LogP contribution is -2.46. The Labute approximate surface area is 153 Å². The molecule has 0 saturated heterocycles. The summed E-state index contributed by atoms with van der Waals surface area (Å²) in [4.78, 5) is 21.8. The minimum absolute atomic E-state index is 0.0653. The van der Waals surface area contributed by atoms with Gasteiger partial charge in [-0.15, -0.1) is 0 Å². The zero-order valence-corrected chi connectivity index (χ0v) is 16.2. The molecule has 7 nitrogen and oxygen atoms in total. The third kappa shape index (κ3) is 3.47. The van der Waals surface area contributed by atoms with Crippen LogP contribution in [0.15, 0.2) is 24.8 Å². The second kappa shape index (κ2) is 6.55. The van der Waals surface area contributed by atoms with Gasteiger partial charge in [0.05, 0.1) is 18.1 Å². The van der Waals surface area contributed by atoms with Crippen LogP contribution in [0.25, 0.3) is 5.65 Å². The summed E-state index contributed by atoms with van der Waals surface area (Å²) in [7, 11) is 0. The van der Waals surface area contributed by atoms with Crippen molar-refractivity contribution in [3.8, 4) is 0 Å². The first-order valence-electron chi connectivity index (χ1n) is 8.77. The molecule has 3 heterocycles. The van der Waals surface area contributed by atoms with Crippen LogP contribution in [0.3, 0.4) is 0 Å². The molecule has 3 aromatic rings. The Hall–Kier alpha value is -2.70. The average molecular weight is 354 g/mol. The fourth-order valence-corrected chi connectivity index (χ4v) is 3.06. The Morgan fingerprint density at radius 2 is 2.00 bits per heavy atom. The topological polar surface area (TPSA) is 77.1 Å². The lowest BCUT2D eigenvalue weighted by Gasteiger charge is -2.31. The van der Waals surface area contributed by atoms with Gasteiger partial charge in [-0.05, 0) is 32.3 Å². The van der Waals surface area contributed by atoms with E-state index < -0.39 is 0 Å². The van der Waals surface area contributed by atoms with Gasteiger partial charge in [0, 0.05) is 30.3 Å². The molecule has 0 saturated carbocycles. The van der Waals surface area contributed by atoms with Gasteiger partial charge in [0.25, 0.3) is 5.91 Å². The Kier molecular flexibility index (Phi) is 4.56. The molecule has 0 aliphatic carbocycles. The van der Waals surface area contributed by atoms with E-state index in [0.29, 0.717) is 23.4 Å². The van der Waals surface area contributed by atoms with E-state index in [0.717, 1.165) is 11.4 Å². The largest absolute Gasteiger partial charge is 0.347 e. The lowest BCUT2D eigenvalue weighted by molar-refractivity contribution is 0.0893. The number of fused-ring (bicyclic) bond motifs is 1. The molecule has 0 aromatic carbocycles. The second-order valence-electron chi connectivity index (χ2n) is 7.89. The van der Waals surface area contributed by atoms with E-state index in [1.54, 1.807) is 17.0 Å². The summed E-state index contributed by atoms with van der Waals surface area (Å²) in [5.41, 5.74) is 3.54. The number of aryl methyl sites for hydroxylation is 3. The van der Waals surface area contributed by atoms with Gasteiger partial charge in [-0.1, -0.05) is 20.8 Å². The van der Waals surface area contributed by atoms with Crippen LogP contribution in [-0.4, -0.2) is 36.1 Å². The molecule has 3 aromatic heterocycles. The third-order valence-corrected chi connectivity index (χ3v) is 4.60. The number of carbonyl (C=O) groups is 1. The van der Waals surface area contributed by atoms with Crippen molar-refractivity contribution < 1.29 is 4.79 Å². The van der Waals surface area contributed by atoms with E-state index in [4.69, 9.17) is 0 Å². The van der Waals surface area contributed by atoms with Gasteiger partial charge in [0.15, 0.2) is 5.65 Å². The molecule has 26 heavy (non-hydrogen) atoms. The number of nitrogens with zero attached hydrogens (tertiary/aromatic N) is 5. The standard InChI is InChI=1S/C19H26N6O/c1-12-9-13(2)25-17(21-12)16(14(3)23-25)18(26)22-15(19(4,5)6)10-24-8-7-20-11-24/h7-9,11,15H,10H2,1-6H3,(H,22,26). The van der Waals surface area contributed by atoms with Gasteiger partial charge >= 0.3 is 0 Å². The molecule has 1 N–H and O–H groups in total. The Bertz CT molecular complexity index is 933. The Balaban J connectivity index is 1.95. The number of rotatable bonds is 4. The van der Waals surface area contributed by atoms with Crippen LogP contribution in [-0.2, 0) is 6.54 Å². The van der Waals surface area contributed by atoms with Gasteiger partial charge < -0.3 is 9.88 Å². The van der Waals surface area contributed by atoms with Crippen LogP contribution in [0.1, 0.15) is 48.2 Å². The predicted molar refractivity (Wildman–Crippen MR) is 100 cm³/mol. The molecule has 138 valence electrons. The Morgan fingerprint density at radius 3 is 2.62 bits per heavy atom. The van der Waals surface area contributed by atoms with Gasteiger partial charge in [0.2, 0.25) is 0 Å². The fourth-order valence-electron chi connectivity index (χ4n) is 3.06. The molecule has 1 unspecified atom stereocenters. The fraction of sp³-hybridized carbons (Fsp3) is 0.474. The number of amides is 1. The number of hydrogen-bond donors (Lipinski definition) is 1. The monoisotopic (exact) mass is 354 g/mol. The summed E-state index contributed by atoms with van der Waals surface area (Å²) in [6, 6.07) is 1.89. The molecule has 0 radical (unpaired) electrons. The van der Waals surface area contributed by atoms with Crippen molar-refractivity contribution in [3.63, 3.8) is 0 Å². The van der Waals surface area contributed by atoms with Crippen molar-refractivity contribution >= 4 is 11.6 Å².